The smallest absolute Gasteiger partial charge is 0.227 e. The Morgan fingerprint density at radius 1 is 0.550 bits per heavy atom. The van der Waals surface area contributed by atoms with E-state index in [-0.39, 0.29) is 0 Å². The Morgan fingerprint density at radius 2 is 1.23 bits per heavy atom. The van der Waals surface area contributed by atoms with Crippen molar-refractivity contribution in [1.29, 1.82) is 0 Å². The molecule has 1 aliphatic rings. The van der Waals surface area contributed by atoms with Crippen molar-refractivity contribution in [2.75, 3.05) is 5.32 Å². The van der Waals surface area contributed by atoms with Gasteiger partial charge in [-0.1, -0.05) is 120 Å². The Morgan fingerprint density at radius 3 is 2.02 bits per heavy atom. The molecule has 5 nitrogen and oxygen atoms in total. The molecular formula is C54H35BN4O. The molecule has 13 rings (SSSR count). The highest BCUT2D eigenvalue weighted by Crippen LogP contribution is 2.44. The molecule has 0 radical (unpaired) electrons. The average Bonchev–Trinajstić information content (AvgIpc) is 3.97. The Bertz CT molecular complexity index is 3670. The van der Waals surface area contributed by atoms with Crippen molar-refractivity contribution >= 4 is 95.1 Å². The molecule has 0 fully saturated rings. The molecule has 1 aliphatic heterocycles. The first kappa shape index (κ1) is 33.2. The third-order valence-corrected chi connectivity index (χ3v) is 12.6. The van der Waals surface area contributed by atoms with Gasteiger partial charge in [0.25, 0.3) is 0 Å². The number of aryl methyl sites for hydroxylation is 1. The van der Waals surface area contributed by atoms with Crippen LogP contribution >= 0.6 is 0 Å². The Balaban J connectivity index is 1.19. The summed E-state index contributed by atoms with van der Waals surface area (Å²) in [6.45, 7) is 2.13. The van der Waals surface area contributed by atoms with Crippen molar-refractivity contribution in [3.8, 4) is 34.0 Å². The van der Waals surface area contributed by atoms with Crippen LogP contribution in [0, 0.1) is 6.92 Å². The van der Waals surface area contributed by atoms with E-state index in [1.807, 2.05) is 18.2 Å². The molecule has 0 saturated carbocycles. The van der Waals surface area contributed by atoms with E-state index in [1.54, 1.807) is 0 Å². The third kappa shape index (κ3) is 4.85. The lowest BCUT2D eigenvalue weighted by Gasteiger charge is -2.25. The van der Waals surface area contributed by atoms with Crippen LogP contribution in [0.4, 0.5) is 11.4 Å². The second-order valence-corrected chi connectivity index (χ2v) is 16.1. The number of benzene rings is 9. The maximum Gasteiger partial charge on any atom is 0.227 e. The number of fused-ring (bicyclic) bond motifs is 10. The molecule has 1 N–H and O–H groups in total. The van der Waals surface area contributed by atoms with Gasteiger partial charge in [-0.25, -0.2) is 4.98 Å². The van der Waals surface area contributed by atoms with Gasteiger partial charge in [0.2, 0.25) is 5.89 Å². The monoisotopic (exact) mass is 766 g/mol. The van der Waals surface area contributed by atoms with Gasteiger partial charge in [0.1, 0.15) is 5.52 Å². The van der Waals surface area contributed by atoms with Gasteiger partial charge in [0.05, 0.1) is 27.8 Å². The third-order valence-electron chi connectivity index (χ3n) is 12.6. The van der Waals surface area contributed by atoms with Gasteiger partial charge in [0, 0.05) is 49.7 Å². The first-order chi connectivity index (χ1) is 29.6. The minimum atomic E-state index is 0.629. The fourth-order valence-electron chi connectivity index (χ4n) is 9.84. The summed E-state index contributed by atoms with van der Waals surface area (Å²) in [6, 6.07) is 65.7. The van der Waals surface area contributed by atoms with Crippen molar-refractivity contribution in [3.05, 3.63) is 188 Å². The molecule has 6 heteroatoms. The number of anilines is 2. The lowest BCUT2D eigenvalue weighted by molar-refractivity contribution is 0.620. The lowest BCUT2D eigenvalue weighted by Crippen LogP contribution is -2.37. The highest BCUT2D eigenvalue weighted by Gasteiger charge is 2.31. The highest BCUT2D eigenvalue weighted by atomic mass is 16.3. The topological polar surface area (TPSA) is 47.9 Å². The van der Waals surface area contributed by atoms with Crippen molar-refractivity contribution in [2.24, 2.45) is 0 Å². The van der Waals surface area contributed by atoms with Crippen LogP contribution in [0.2, 0.25) is 0 Å². The molecule has 9 aromatic carbocycles. The minimum Gasteiger partial charge on any atom is -0.436 e. The number of nitrogens with one attached hydrogen (secondary N) is 1. The summed E-state index contributed by atoms with van der Waals surface area (Å²) in [5.41, 5.74) is 17.8. The Labute approximate surface area is 346 Å². The molecule has 3 aromatic heterocycles. The van der Waals surface area contributed by atoms with Gasteiger partial charge >= 0.3 is 0 Å². The molecule has 0 amide bonds. The maximum atomic E-state index is 6.53. The standard InChI is InChI=1S/C54H35BN4O/c1-32-23-25-36(26-24-32)56-43-20-10-7-17-37(43)40-29-49(58-45-21-11-8-18-38(45)39-19-9-12-22-46(39)58)51-41-27-34-15-5-6-16-35(34)28-47(41)59-48-31-44-50(30-42(48)55-52(40)53(51)59)60-54(57-44)33-13-3-2-4-14-33/h2-31,55-56H,1H3. The molecular weight excluding hydrogens is 731 g/mol. The number of para-hydroxylation sites is 3. The first-order valence-electron chi connectivity index (χ1n) is 20.6. The summed E-state index contributed by atoms with van der Waals surface area (Å²) in [4.78, 5) is 5.08. The van der Waals surface area contributed by atoms with Crippen molar-refractivity contribution < 1.29 is 4.42 Å². The summed E-state index contributed by atoms with van der Waals surface area (Å²) >= 11 is 0. The van der Waals surface area contributed by atoms with E-state index in [2.05, 4.69) is 185 Å². The van der Waals surface area contributed by atoms with Gasteiger partial charge in [0.15, 0.2) is 12.9 Å². The molecule has 0 atom stereocenters. The van der Waals surface area contributed by atoms with E-state index >= 15 is 0 Å². The van der Waals surface area contributed by atoms with Crippen molar-refractivity contribution in [3.63, 3.8) is 0 Å². The zero-order valence-electron chi connectivity index (χ0n) is 32.8. The first-order valence-corrected chi connectivity index (χ1v) is 20.6. The molecule has 0 aliphatic carbocycles. The number of rotatable bonds is 5. The summed E-state index contributed by atoms with van der Waals surface area (Å²) < 4.78 is 11.6. The van der Waals surface area contributed by atoms with Crippen LogP contribution in [0.25, 0.3) is 99.4 Å². The molecule has 60 heavy (non-hydrogen) atoms. The van der Waals surface area contributed by atoms with Crippen LogP contribution in [0.15, 0.2) is 186 Å². The Hall–Kier alpha value is -7.83. The van der Waals surface area contributed by atoms with E-state index in [1.165, 1.54) is 76.4 Å². The summed E-state index contributed by atoms with van der Waals surface area (Å²) in [5, 5.41) is 11.2. The average molecular weight is 767 g/mol. The van der Waals surface area contributed by atoms with Gasteiger partial charge in [-0.2, -0.15) is 0 Å². The molecule has 0 spiro atoms. The molecule has 0 bridgehead atoms. The van der Waals surface area contributed by atoms with Crippen LogP contribution in [0.3, 0.4) is 0 Å². The van der Waals surface area contributed by atoms with E-state index in [0.29, 0.717) is 5.89 Å². The summed E-state index contributed by atoms with van der Waals surface area (Å²) in [5.74, 6) is 0.629. The predicted molar refractivity (Wildman–Crippen MR) is 252 cm³/mol. The van der Waals surface area contributed by atoms with Gasteiger partial charge in [-0.05, 0) is 102 Å². The van der Waals surface area contributed by atoms with Crippen molar-refractivity contribution in [2.45, 2.75) is 6.92 Å². The van der Waals surface area contributed by atoms with Crippen LogP contribution in [0.5, 0.6) is 0 Å². The number of oxazole rings is 1. The highest BCUT2D eigenvalue weighted by molar-refractivity contribution is 6.74. The normalized spacial score (nSPS) is 12.2. The van der Waals surface area contributed by atoms with Crippen LogP contribution in [-0.4, -0.2) is 21.4 Å². The van der Waals surface area contributed by atoms with Gasteiger partial charge in [-0.15, -0.1) is 0 Å². The second-order valence-electron chi connectivity index (χ2n) is 16.1. The SMILES string of the molecule is Cc1ccc(Nc2ccccc2-c2cc(-n3c4ccccc4c4ccccc43)c3c4cc5ccccc5cc4n4c3c2Bc2cc3oc(-c5ccccc5)nc3cc2-4)cc1. The van der Waals surface area contributed by atoms with Crippen LogP contribution in [-0.2, 0) is 0 Å². The van der Waals surface area contributed by atoms with E-state index in [9.17, 15) is 0 Å². The Kier molecular flexibility index (Phi) is 6.96. The number of aromatic nitrogens is 3. The zero-order valence-corrected chi connectivity index (χ0v) is 32.8. The fraction of sp³-hybridized carbons (Fsp3) is 0.0185. The number of hydrogen-bond acceptors (Lipinski definition) is 3. The van der Waals surface area contributed by atoms with Crippen LogP contribution < -0.4 is 16.2 Å². The van der Waals surface area contributed by atoms with Gasteiger partial charge in [-0.3, -0.25) is 0 Å². The molecule has 0 unspecified atom stereocenters. The van der Waals surface area contributed by atoms with Crippen LogP contribution in [0.1, 0.15) is 5.56 Å². The predicted octanol–water partition coefficient (Wildman–Crippen LogP) is 12.3. The van der Waals surface area contributed by atoms with E-state index in [0.717, 1.165) is 52.3 Å². The maximum absolute atomic E-state index is 6.53. The molecule has 0 saturated heterocycles. The number of nitrogens with zero attached hydrogens (tertiary/aromatic N) is 3. The second kappa shape index (κ2) is 12.6. The minimum absolute atomic E-state index is 0.629. The zero-order chi connectivity index (χ0) is 39.5. The van der Waals surface area contributed by atoms with E-state index < -0.39 is 0 Å². The van der Waals surface area contributed by atoms with E-state index in [4.69, 9.17) is 9.40 Å². The van der Waals surface area contributed by atoms with Crippen molar-refractivity contribution in [1.82, 2.24) is 14.1 Å². The largest absolute Gasteiger partial charge is 0.436 e. The summed E-state index contributed by atoms with van der Waals surface area (Å²) in [6.07, 6.45) is 0. The van der Waals surface area contributed by atoms with Gasteiger partial charge < -0.3 is 18.9 Å². The molecule has 12 aromatic rings. The lowest BCUT2D eigenvalue weighted by atomic mass is 9.59. The summed E-state index contributed by atoms with van der Waals surface area (Å²) in [7, 11) is 0.723. The fourth-order valence-corrected chi connectivity index (χ4v) is 9.84. The quantitative estimate of drug-likeness (QED) is 0.178. The molecule has 4 heterocycles. The molecule has 280 valence electrons. The number of hydrogen-bond donors (Lipinski definition) is 1.